The zero-order valence-electron chi connectivity index (χ0n) is 12.1. The minimum absolute atomic E-state index is 0.0899. The van der Waals surface area contributed by atoms with Crippen molar-refractivity contribution in [2.24, 2.45) is 0 Å². The molecule has 0 saturated carbocycles. The van der Waals surface area contributed by atoms with Crippen LogP contribution in [-0.2, 0) is 0 Å². The van der Waals surface area contributed by atoms with E-state index in [0.29, 0.717) is 18.7 Å². The van der Waals surface area contributed by atoms with Crippen LogP contribution in [0, 0.1) is 0 Å². The van der Waals surface area contributed by atoms with Gasteiger partial charge >= 0.3 is 6.61 Å². The van der Waals surface area contributed by atoms with Gasteiger partial charge in [0.15, 0.2) is 11.5 Å². The number of carbonyl (C=O) groups excluding carboxylic acids is 1. The Morgan fingerprint density at radius 2 is 2.00 bits per heavy atom. The molecule has 0 aromatic heterocycles. The number of ether oxygens (including phenoxy) is 2. The van der Waals surface area contributed by atoms with Crippen LogP contribution in [-0.4, -0.2) is 39.3 Å². The van der Waals surface area contributed by atoms with Gasteiger partial charge in [0.2, 0.25) is 0 Å². The highest BCUT2D eigenvalue weighted by molar-refractivity contribution is 5.94. The van der Waals surface area contributed by atoms with Crippen LogP contribution in [0.1, 0.15) is 23.7 Å². The summed E-state index contributed by atoms with van der Waals surface area (Å²) < 4.78 is 33.6. The molecule has 21 heavy (non-hydrogen) atoms. The van der Waals surface area contributed by atoms with Crippen molar-refractivity contribution in [2.75, 3.05) is 26.7 Å². The number of amides is 1. The lowest BCUT2D eigenvalue weighted by atomic mass is 10.2. The molecule has 0 aliphatic heterocycles. The van der Waals surface area contributed by atoms with Gasteiger partial charge in [0.25, 0.3) is 5.91 Å². The molecule has 5 nitrogen and oxygen atoms in total. The summed E-state index contributed by atoms with van der Waals surface area (Å²) in [5.74, 6) is -0.309. The second-order valence-corrected chi connectivity index (χ2v) is 4.25. The number of carbonyl (C=O) groups is 1. The first kappa shape index (κ1) is 17.2. The van der Waals surface area contributed by atoms with Crippen molar-refractivity contribution < 1.29 is 23.0 Å². The summed E-state index contributed by atoms with van der Waals surface area (Å²) in [6.07, 6.45) is 1.02. The molecule has 118 valence electrons. The molecule has 0 aliphatic rings. The van der Waals surface area contributed by atoms with Crippen LogP contribution in [0.25, 0.3) is 0 Å². The molecule has 2 N–H and O–H groups in total. The molecule has 0 unspecified atom stereocenters. The monoisotopic (exact) mass is 302 g/mol. The molecule has 7 heteroatoms. The second-order valence-electron chi connectivity index (χ2n) is 4.25. The van der Waals surface area contributed by atoms with Gasteiger partial charge < -0.3 is 20.1 Å². The van der Waals surface area contributed by atoms with Crippen LogP contribution in [0.4, 0.5) is 8.78 Å². The minimum Gasteiger partial charge on any atom is -0.493 e. The van der Waals surface area contributed by atoms with E-state index in [2.05, 4.69) is 22.3 Å². The molecule has 0 fully saturated rings. The van der Waals surface area contributed by atoms with Crippen molar-refractivity contribution in [2.45, 2.75) is 20.0 Å². The largest absolute Gasteiger partial charge is 0.493 e. The van der Waals surface area contributed by atoms with Gasteiger partial charge in [-0.25, -0.2) is 0 Å². The molecule has 0 radical (unpaired) electrons. The Kier molecular flexibility index (Phi) is 7.45. The summed E-state index contributed by atoms with van der Waals surface area (Å²) in [6, 6.07) is 4.07. The third kappa shape index (κ3) is 5.95. The minimum atomic E-state index is -2.94. The lowest BCUT2D eigenvalue weighted by Crippen LogP contribution is -2.32. The third-order valence-electron chi connectivity index (χ3n) is 2.66. The summed E-state index contributed by atoms with van der Waals surface area (Å²) in [6.45, 7) is 1.16. The van der Waals surface area contributed by atoms with E-state index in [0.717, 1.165) is 13.0 Å². The molecule has 1 aromatic rings. The van der Waals surface area contributed by atoms with Gasteiger partial charge in [0, 0.05) is 18.7 Å². The summed E-state index contributed by atoms with van der Waals surface area (Å²) in [7, 11) is 1.32. The van der Waals surface area contributed by atoms with Gasteiger partial charge in [0.05, 0.1) is 7.11 Å². The number of alkyl halides is 2. The Hall–Kier alpha value is -1.89. The highest BCUT2D eigenvalue weighted by Crippen LogP contribution is 2.29. The molecule has 1 amide bonds. The van der Waals surface area contributed by atoms with Crippen molar-refractivity contribution in [1.82, 2.24) is 10.6 Å². The van der Waals surface area contributed by atoms with E-state index in [4.69, 9.17) is 4.74 Å². The fourth-order valence-electron chi connectivity index (χ4n) is 1.67. The molecule has 0 bridgehead atoms. The standard InChI is InChI=1S/C14H20F2N2O3/c1-3-6-17-7-8-18-13(19)10-4-5-11(21-14(15)16)12(9-10)20-2/h4-5,9,14,17H,3,6-8H2,1-2H3,(H,18,19). The molecule has 0 heterocycles. The van der Waals surface area contributed by atoms with Crippen LogP contribution in [0.5, 0.6) is 11.5 Å². The van der Waals surface area contributed by atoms with Gasteiger partial charge in [-0.2, -0.15) is 8.78 Å². The number of halogens is 2. The fraction of sp³-hybridized carbons (Fsp3) is 0.500. The highest BCUT2D eigenvalue weighted by Gasteiger charge is 2.13. The maximum Gasteiger partial charge on any atom is 0.387 e. The first-order valence-electron chi connectivity index (χ1n) is 6.70. The van der Waals surface area contributed by atoms with E-state index in [9.17, 15) is 13.6 Å². The predicted octanol–water partition coefficient (Wildman–Crippen LogP) is 2.03. The fourth-order valence-corrected chi connectivity index (χ4v) is 1.67. The first-order valence-corrected chi connectivity index (χ1v) is 6.70. The van der Waals surface area contributed by atoms with Crippen molar-refractivity contribution in [3.8, 4) is 11.5 Å². The number of hydrogen-bond donors (Lipinski definition) is 2. The summed E-state index contributed by atoms with van der Waals surface area (Å²) in [4.78, 5) is 11.9. The zero-order chi connectivity index (χ0) is 15.7. The van der Waals surface area contributed by atoms with Crippen molar-refractivity contribution >= 4 is 5.91 Å². The number of benzene rings is 1. The summed E-state index contributed by atoms with van der Waals surface area (Å²) in [5.41, 5.74) is 0.323. The lowest BCUT2D eigenvalue weighted by molar-refractivity contribution is -0.0512. The number of methoxy groups -OCH3 is 1. The Morgan fingerprint density at radius 1 is 1.24 bits per heavy atom. The van der Waals surface area contributed by atoms with Gasteiger partial charge in [-0.05, 0) is 31.2 Å². The first-order chi connectivity index (χ1) is 10.1. The molecular formula is C14H20F2N2O3. The maximum atomic E-state index is 12.2. The molecule has 0 spiro atoms. The molecule has 1 aromatic carbocycles. The Balaban J connectivity index is 2.60. The molecular weight excluding hydrogens is 282 g/mol. The maximum absolute atomic E-state index is 12.2. The SMILES string of the molecule is CCCNCCNC(=O)c1ccc(OC(F)F)c(OC)c1. The van der Waals surface area contributed by atoms with E-state index in [1.54, 1.807) is 0 Å². The summed E-state index contributed by atoms with van der Waals surface area (Å²) in [5, 5.41) is 5.88. The van der Waals surface area contributed by atoms with Crippen molar-refractivity contribution in [3.63, 3.8) is 0 Å². The van der Waals surface area contributed by atoms with Crippen LogP contribution in [0.3, 0.4) is 0 Å². The van der Waals surface area contributed by atoms with E-state index in [-0.39, 0.29) is 17.4 Å². The average Bonchev–Trinajstić information content (AvgIpc) is 2.46. The van der Waals surface area contributed by atoms with Crippen molar-refractivity contribution in [1.29, 1.82) is 0 Å². The van der Waals surface area contributed by atoms with Gasteiger partial charge in [-0.15, -0.1) is 0 Å². The number of nitrogens with one attached hydrogen (secondary N) is 2. The molecule has 0 atom stereocenters. The van der Waals surface area contributed by atoms with E-state index in [1.807, 2.05) is 0 Å². The number of hydrogen-bond acceptors (Lipinski definition) is 4. The smallest absolute Gasteiger partial charge is 0.387 e. The van der Waals surface area contributed by atoms with Crippen molar-refractivity contribution in [3.05, 3.63) is 23.8 Å². The second kappa shape index (κ2) is 9.12. The highest BCUT2D eigenvalue weighted by atomic mass is 19.3. The van der Waals surface area contributed by atoms with E-state index >= 15 is 0 Å². The quantitative estimate of drug-likeness (QED) is 0.685. The lowest BCUT2D eigenvalue weighted by Gasteiger charge is -2.11. The topological polar surface area (TPSA) is 59.6 Å². The molecule has 0 aliphatic carbocycles. The van der Waals surface area contributed by atoms with E-state index < -0.39 is 6.61 Å². The van der Waals surface area contributed by atoms with Crippen LogP contribution >= 0.6 is 0 Å². The Morgan fingerprint density at radius 3 is 2.62 bits per heavy atom. The Bertz CT molecular complexity index is 456. The van der Waals surface area contributed by atoms with Crippen LogP contribution in [0.15, 0.2) is 18.2 Å². The van der Waals surface area contributed by atoms with Gasteiger partial charge in [-0.3, -0.25) is 4.79 Å². The van der Waals surface area contributed by atoms with E-state index in [1.165, 1.54) is 25.3 Å². The third-order valence-corrected chi connectivity index (χ3v) is 2.66. The summed E-state index contributed by atoms with van der Waals surface area (Å²) >= 11 is 0. The van der Waals surface area contributed by atoms with Gasteiger partial charge in [0.1, 0.15) is 0 Å². The average molecular weight is 302 g/mol. The predicted molar refractivity (Wildman–Crippen MR) is 75.1 cm³/mol. The molecule has 1 rings (SSSR count). The molecule has 0 saturated heterocycles. The zero-order valence-corrected chi connectivity index (χ0v) is 12.1. The van der Waals surface area contributed by atoms with Crippen LogP contribution < -0.4 is 20.1 Å². The Labute approximate surface area is 122 Å². The van der Waals surface area contributed by atoms with Gasteiger partial charge in [-0.1, -0.05) is 6.92 Å². The normalized spacial score (nSPS) is 10.5. The van der Waals surface area contributed by atoms with Crippen LogP contribution in [0.2, 0.25) is 0 Å². The number of rotatable bonds is 9.